The Bertz CT molecular complexity index is 1330. The van der Waals surface area contributed by atoms with Crippen molar-refractivity contribution in [2.75, 3.05) is 5.32 Å². The van der Waals surface area contributed by atoms with Crippen molar-refractivity contribution < 1.29 is 4.57 Å². The quantitative estimate of drug-likeness (QED) is 0.391. The van der Waals surface area contributed by atoms with Gasteiger partial charge in [-0.05, 0) is 44.5 Å². The lowest BCUT2D eigenvalue weighted by Crippen LogP contribution is -2.34. The van der Waals surface area contributed by atoms with E-state index in [1.54, 1.807) is 0 Å². The fourth-order valence-electron chi connectivity index (χ4n) is 4.31. The number of nitrogens with zero attached hydrogens (tertiary/aromatic N) is 4. The van der Waals surface area contributed by atoms with Gasteiger partial charge in [-0.3, -0.25) is 0 Å². The second-order valence-electron chi connectivity index (χ2n) is 8.51. The average Bonchev–Trinajstić information content (AvgIpc) is 3.38. The molecule has 2 aromatic heterocycles. The molecule has 0 radical (unpaired) electrons. The van der Waals surface area contributed by atoms with Crippen molar-refractivity contribution in [3.63, 3.8) is 0 Å². The van der Waals surface area contributed by atoms with E-state index >= 15 is 0 Å². The highest BCUT2D eigenvalue weighted by molar-refractivity contribution is 6.17. The lowest BCUT2D eigenvalue weighted by Gasteiger charge is -2.13. The normalized spacial score (nSPS) is 14.2. The Labute approximate surface area is 194 Å². The van der Waals surface area contributed by atoms with Gasteiger partial charge < -0.3 is 5.32 Å². The molecular weight excluding hydrogens is 406 g/mol. The third-order valence-electron chi connectivity index (χ3n) is 5.90. The molecule has 4 aromatic rings. The summed E-state index contributed by atoms with van der Waals surface area (Å²) in [5, 5.41) is 8.24. The van der Waals surface area contributed by atoms with Crippen molar-refractivity contribution in [3.05, 3.63) is 114 Å². The molecule has 0 atom stereocenters. The van der Waals surface area contributed by atoms with Crippen LogP contribution in [0.5, 0.6) is 0 Å². The van der Waals surface area contributed by atoms with Crippen molar-refractivity contribution in [2.24, 2.45) is 4.99 Å². The number of rotatable bonds is 6. The fourth-order valence-corrected chi connectivity index (χ4v) is 4.31. The summed E-state index contributed by atoms with van der Waals surface area (Å²) in [5.41, 5.74) is 7.62. The summed E-state index contributed by atoms with van der Waals surface area (Å²) >= 11 is 0. The summed E-state index contributed by atoms with van der Waals surface area (Å²) in [4.78, 5) is 5.16. The van der Waals surface area contributed by atoms with Crippen LogP contribution in [0.3, 0.4) is 0 Å². The standard InChI is InChI=1S/C28H27N5/c1-20(2)33-28(29-18-22-12-6-4-7-13-22)24(19-30-33)31-26-21(3)27(23-14-8-5-9-15-23)32-17-11-10-16-25(26)32/h4-17,19-20H,18H2,1-3H3/p+1. The molecule has 2 aromatic carbocycles. The second-order valence-corrected chi connectivity index (χ2v) is 8.51. The Balaban J connectivity index is 1.59. The minimum Gasteiger partial charge on any atom is -0.364 e. The molecule has 5 rings (SSSR count). The zero-order valence-electron chi connectivity index (χ0n) is 19.2. The van der Waals surface area contributed by atoms with Gasteiger partial charge in [0.25, 0.3) is 0 Å². The summed E-state index contributed by atoms with van der Waals surface area (Å²) in [5.74, 6) is 0.935. The van der Waals surface area contributed by atoms with Gasteiger partial charge in [-0.2, -0.15) is 9.67 Å². The van der Waals surface area contributed by atoms with Gasteiger partial charge >= 0.3 is 0 Å². The van der Waals surface area contributed by atoms with E-state index in [1.165, 1.54) is 16.8 Å². The van der Waals surface area contributed by atoms with Crippen LogP contribution in [0.2, 0.25) is 0 Å². The van der Waals surface area contributed by atoms with E-state index in [-0.39, 0.29) is 6.04 Å². The fraction of sp³-hybridized carbons (Fsp3) is 0.179. The van der Waals surface area contributed by atoms with E-state index in [9.17, 15) is 0 Å². The number of hydrogen-bond donors (Lipinski definition) is 1. The molecule has 5 nitrogen and oxygen atoms in total. The summed E-state index contributed by atoms with van der Waals surface area (Å²) in [6.45, 7) is 7.14. The average molecular weight is 435 g/mol. The maximum Gasteiger partial charge on any atom is 0.237 e. The van der Waals surface area contributed by atoms with Crippen LogP contribution >= 0.6 is 0 Å². The van der Waals surface area contributed by atoms with Gasteiger partial charge in [0.15, 0.2) is 12.0 Å². The van der Waals surface area contributed by atoms with Gasteiger partial charge in [-0.15, -0.1) is 0 Å². The van der Waals surface area contributed by atoms with Gasteiger partial charge in [0.2, 0.25) is 11.4 Å². The van der Waals surface area contributed by atoms with Crippen molar-refractivity contribution in [2.45, 2.75) is 33.4 Å². The minimum atomic E-state index is 0.221. The van der Waals surface area contributed by atoms with E-state index in [0.717, 1.165) is 28.5 Å². The summed E-state index contributed by atoms with van der Waals surface area (Å²) in [7, 11) is 0. The number of pyridine rings is 1. The Morgan fingerprint density at radius 2 is 1.64 bits per heavy atom. The van der Waals surface area contributed by atoms with E-state index in [2.05, 4.69) is 109 Å². The maximum absolute atomic E-state index is 5.16. The van der Waals surface area contributed by atoms with Crippen LogP contribution in [0.4, 0.5) is 11.5 Å². The van der Waals surface area contributed by atoms with Gasteiger partial charge in [0.05, 0.1) is 11.8 Å². The highest BCUT2D eigenvalue weighted by atomic mass is 15.3. The molecule has 5 heteroatoms. The number of aliphatic imine (C=N–C) groups is 1. The largest absolute Gasteiger partial charge is 0.364 e. The van der Waals surface area contributed by atoms with Crippen LogP contribution in [0.15, 0.2) is 102 Å². The molecule has 1 aliphatic heterocycles. The number of fused-ring (bicyclic) bond motifs is 1. The van der Waals surface area contributed by atoms with Crippen LogP contribution < -0.4 is 9.88 Å². The Hall–Kier alpha value is -3.99. The van der Waals surface area contributed by atoms with E-state index in [0.29, 0.717) is 6.54 Å². The number of hydrogen-bond acceptors (Lipinski definition) is 3. The van der Waals surface area contributed by atoms with E-state index in [1.807, 2.05) is 23.0 Å². The number of anilines is 1. The highest BCUT2D eigenvalue weighted by Crippen LogP contribution is 2.32. The van der Waals surface area contributed by atoms with Gasteiger partial charge in [-0.25, -0.2) is 9.67 Å². The van der Waals surface area contributed by atoms with Crippen LogP contribution in [0.25, 0.3) is 5.70 Å². The number of allylic oxidation sites excluding steroid dienone is 1. The van der Waals surface area contributed by atoms with Gasteiger partial charge in [-0.1, -0.05) is 48.5 Å². The third-order valence-corrected chi connectivity index (χ3v) is 5.90. The van der Waals surface area contributed by atoms with Crippen LogP contribution in [0, 0.1) is 0 Å². The van der Waals surface area contributed by atoms with Crippen molar-refractivity contribution >= 4 is 22.9 Å². The minimum absolute atomic E-state index is 0.221. The Morgan fingerprint density at radius 1 is 0.939 bits per heavy atom. The molecule has 0 amide bonds. The number of benzene rings is 2. The molecule has 0 spiro atoms. The van der Waals surface area contributed by atoms with Crippen LogP contribution in [0.1, 0.15) is 43.6 Å². The van der Waals surface area contributed by atoms with Gasteiger partial charge in [0, 0.05) is 30.3 Å². The lowest BCUT2D eigenvalue weighted by atomic mass is 10.1. The molecular formula is C28H28N5+. The topological polar surface area (TPSA) is 46.1 Å². The predicted molar refractivity (Wildman–Crippen MR) is 134 cm³/mol. The first-order valence-corrected chi connectivity index (χ1v) is 11.4. The molecule has 1 aliphatic rings. The van der Waals surface area contributed by atoms with Crippen LogP contribution in [-0.2, 0) is 6.54 Å². The molecule has 0 bridgehead atoms. The first kappa shape index (κ1) is 20.9. The van der Waals surface area contributed by atoms with Crippen molar-refractivity contribution in [3.8, 4) is 0 Å². The van der Waals surface area contributed by atoms with Gasteiger partial charge in [0.1, 0.15) is 11.4 Å². The third kappa shape index (κ3) is 3.98. The molecule has 33 heavy (non-hydrogen) atoms. The molecule has 1 N–H and O–H groups in total. The predicted octanol–water partition coefficient (Wildman–Crippen LogP) is 5.78. The first-order valence-electron chi connectivity index (χ1n) is 11.4. The monoisotopic (exact) mass is 434 g/mol. The zero-order chi connectivity index (χ0) is 22.8. The summed E-state index contributed by atoms with van der Waals surface area (Å²) in [6, 6.07) is 27.4. The molecule has 0 aliphatic carbocycles. The molecule has 0 saturated heterocycles. The molecule has 0 saturated carbocycles. The SMILES string of the molecule is CC1=C(c2ccccc2)[n+]2ccccc2/C1=N/c1cnn(C(C)C)c1NCc1ccccc1. The maximum atomic E-state index is 5.16. The van der Waals surface area contributed by atoms with E-state index in [4.69, 9.17) is 4.99 Å². The van der Waals surface area contributed by atoms with Crippen molar-refractivity contribution in [1.82, 2.24) is 9.78 Å². The number of nitrogens with one attached hydrogen (secondary N) is 1. The van der Waals surface area contributed by atoms with Crippen molar-refractivity contribution in [1.29, 1.82) is 0 Å². The zero-order valence-corrected chi connectivity index (χ0v) is 19.2. The number of aromatic nitrogens is 3. The second kappa shape index (κ2) is 8.87. The Kier molecular flexibility index (Phi) is 5.61. The Morgan fingerprint density at radius 3 is 2.36 bits per heavy atom. The summed E-state index contributed by atoms with van der Waals surface area (Å²) in [6.07, 6.45) is 3.97. The summed E-state index contributed by atoms with van der Waals surface area (Å²) < 4.78 is 4.24. The first-order chi connectivity index (χ1) is 16.1. The van der Waals surface area contributed by atoms with Crippen LogP contribution in [-0.4, -0.2) is 15.5 Å². The highest BCUT2D eigenvalue weighted by Gasteiger charge is 2.34. The molecule has 3 heterocycles. The van der Waals surface area contributed by atoms with E-state index < -0.39 is 0 Å². The smallest absolute Gasteiger partial charge is 0.237 e. The molecule has 0 fully saturated rings. The molecule has 0 unspecified atom stereocenters. The lowest BCUT2D eigenvalue weighted by molar-refractivity contribution is -0.577. The molecule has 164 valence electrons.